The lowest BCUT2D eigenvalue weighted by molar-refractivity contribution is -0.163. The van der Waals surface area contributed by atoms with Crippen LogP contribution in [-0.4, -0.2) is 30.9 Å². The number of hydrogen-bond donors (Lipinski definition) is 0. The number of benzene rings is 1. The van der Waals surface area contributed by atoms with Gasteiger partial charge in [-0.05, 0) is 31.9 Å². The number of carbonyl (C=O) groups excluding carboxylic acids is 1. The average molecular weight is 318 g/mol. The van der Waals surface area contributed by atoms with Gasteiger partial charge in [-0.15, -0.1) is 0 Å². The van der Waals surface area contributed by atoms with Crippen molar-refractivity contribution in [2.75, 3.05) is 6.61 Å². The summed E-state index contributed by atoms with van der Waals surface area (Å²) < 4.78 is 16.8. The normalized spacial score (nSPS) is 23.9. The van der Waals surface area contributed by atoms with Crippen molar-refractivity contribution < 1.29 is 19.0 Å². The fourth-order valence-electron chi connectivity index (χ4n) is 2.49. The van der Waals surface area contributed by atoms with E-state index in [9.17, 15) is 4.79 Å². The SMILES string of the molecule is CC(C)OC(=O)[C@@H]1C=C[C@H](C)[C@@H](CCOCc2ccccc2)O1. The van der Waals surface area contributed by atoms with Crippen molar-refractivity contribution in [1.82, 2.24) is 0 Å². The highest BCUT2D eigenvalue weighted by molar-refractivity contribution is 5.77. The molecule has 0 unspecified atom stereocenters. The van der Waals surface area contributed by atoms with Crippen LogP contribution in [0.5, 0.6) is 0 Å². The summed E-state index contributed by atoms with van der Waals surface area (Å²) in [5, 5.41) is 0. The van der Waals surface area contributed by atoms with Gasteiger partial charge in [-0.3, -0.25) is 0 Å². The van der Waals surface area contributed by atoms with Gasteiger partial charge < -0.3 is 14.2 Å². The largest absolute Gasteiger partial charge is 0.461 e. The van der Waals surface area contributed by atoms with E-state index in [1.54, 1.807) is 6.08 Å². The van der Waals surface area contributed by atoms with Crippen molar-refractivity contribution in [3.63, 3.8) is 0 Å². The van der Waals surface area contributed by atoms with Gasteiger partial charge in [0.05, 0.1) is 18.8 Å². The van der Waals surface area contributed by atoms with Crippen molar-refractivity contribution >= 4 is 5.97 Å². The lowest BCUT2D eigenvalue weighted by Crippen LogP contribution is -2.37. The van der Waals surface area contributed by atoms with E-state index in [0.29, 0.717) is 13.2 Å². The van der Waals surface area contributed by atoms with E-state index >= 15 is 0 Å². The molecule has 0 bridgehead atoms. The van der Waals surface area contributed by atoms with E-state index in [2.05, 4.69) is 6.92 Å². The Morgan fingerprint density at radius 1 is 1.22 bits per heavy atom. The standard InChI is InChI=1S/C19H26O4/c1-14(2)22-19(20)18-10-9-15(3)17(23-18)11-12-21-13-16-7-5-4-6-8-16/h4-10,14-15,17-18H,11-13H2,1-3H3/t15-,17+,18-/m0/s1. The quantitative estimate of drug-likeness (QED) is 0.438. The van der Waals surface area contributed by atoms with Crippen LogP contribution in [0.3, 0.4) is 0 Å². The molecule has 0 fully saturated rings. The maximum atomic E-state index is 11.9. The van der Waals surface area contributed by atoms with Gasteiger partial charge in [0.15, 0.2) is 6.10 Å². The number of hydrogen-bond acceptors (Lipinski definition) is 4. The highest BCUT2D eigenvalue weighted by Gasteiger charge is 2.29. The first-order chi connectivity index (χ1) is 11.1. The minimum atomic E-state index is -0.604. The molecular formula is C19H26O4. The second-order valence-corrected chi connectivity index (χ2v) is 6.15. The van der Waals surface area contributed by atoms with E-state index in [4.69, 9.17) is 14.2 Å². The Balaban J connectivity index is 1.76. The molecular weight excluding hydrogens is 292 g/mol. The van der Waals surface area contributed by atoms with Crippen molar-refractivity contribution in [3.05, 3.63) is 48.0 Å². The third-order valence-electron chi connectivity index (χ3n) is 3.74. The van der Waals surface area contributed by atoms with Crippen LogP contribution < -0.4 is 0 Å². The Hall–Kier alpha value is -1.65. The molecule has 126 valence electrons. The van der Waals surface area contributed by atoms with Gasteiger partial charge >= 0.3 is 5.97 Å². The summed E-state index contributed by atoms with van der Waals surface area (Å²) in [6.45, 7) is 6.95. The summed E-state index contributed by atoms with van der Waals surface area (Å²) >= 11 is 0. The van der Waals surface area contributed by atoms with Crippen LogP contribution in [0.25, 0.3) is 0 Å². The van der Waals surface area contributed by atoms with Crippen LogP contribution in [-0.2, 0) is 25.6 Å². The summed E-state index contributed by atoms with van der Waals surface area (Å²) in [4.78, 5) is 11.9. The first kappa shape index (κ1) is 17.7. The van der Waals surface area contributed by atoms with E-state index in [1.807, 2.05) is 50.3 Å². The van der Waals surface area contributed by atoms with Crippen LogP contribution in [0.1, 0.15) is 32.8 Å². The second-order valence-electron chi connectivity index (χ2n) is 6.15. The molecule has 0 spiro atoms. The zero-order valence-electron chi connectivity index (χ0n) is 14.1. The zero-order valence-corrected chi connectivity index (χ0v) is 14.1. The van der Waals surface area contributed by atoms with Gasteiger partial charge in [-0.1, -0.05) is 43.3 Å². The van der Waals surface area contributed by atoms with Gasteiger partial charge in [-0.2, -0.15) is 0 Å². The first-order valence-corrected chi connectivity index (χ1v) is 8.22. The van der Waals surface area contributed by atoms with Crippen LogP contribution in [0.15, 0.2) is 42.5 Å². The predicted molar refractivity (Wildman–Crippen MR) is 88.9 cm³/mol. The van der Waals surface area contributed by atoms with Crippen LogP contribution in [0, 0.1) is 5.92 Å². The highest BCUT2D eigenvalue weighted by Crippen LogP contribution is 2.22. The maximum absolute atomic E-state index is 11.9. The molecule has 1 aromatic rings. The number of rotatable bonds is 7. The molecule has 0 saturated carbocycles. The highest BCUT2D eigenvalue weighted by atomic mass is 16.6. The lowest BCUT2D eigenvalue weighted by atomic mass is 9.98. The molecule has 0 N–H and O–H groups in total. The molecule has 0 saturated heterocycles. The molecule has 4 nitrogen and oxygen atoms in total. The lowest BCUT2D eigenvalue weighted by Gasteiger charge is -2.29. The van der Waals surface area contributed by atoms with Gasteiger partial charge in [0.2, 0.25) is 0 Å². The number of esters is 1. The molecule has 4 heteroatoms. The fourth-order valence-corrected chi connectivity index (χ4v) is 2.49. The molecule has 23 heavy (non-hydrogen) atoms. The molecule has 0 aromatic heterocycles. The monoisotopic (exact) mass is 318 g/mol. The fraction of sp³-hybridized carbons (Fsp3) is 0.526. The third kappa shape index (κ3) is 5.81. The Bertz CT molecular complexity index is 509. The minimum Gasteiger partial charge on any atom is -0.461 e. The van der Waals surface area contributed by atoms with Crippen LogP contribution in [0.4, 0.5) is 0 Å². The van der Waals surface area contributed by atoms with E-state index in [-0.39, 0.29) is 24.1 Å². The van der Waals surface area contributed by atoms with Gasteiger partial charge in [-0.25, -0.2) is 4.79 Å². The Morgan fingerprint density at radius 2 is 1.96 bits per heavy atom. The van der Waals surface area contributed by atoms with Gasteiger partial charge in [0.1, 0.15) is 0 Å². The molecule has 0 amide bonds. The second kappa shape index (κ2) is 8.85. The van der Waals surface area contributed by atoms with Crippen molar-refractivity contribution in [3.8, 4) is 0 Å². The molecule has 1 aromatic carbocycles. The Kier molecular flexibility index (Phi) is 6.81. The van der Waals surface area contributed by atoms with Crippen LogP contribution >= 0.6 is 0 Å². The van der Waals surface area contributed by atoms with Gasteiger partial charge in [0, 0.05) is 12.5 Å². The topological polar surface area (TPSA) is 44.8 Å². The molecule has 0 aliphatic carbocycles. The molecule has 0 radical (unpaired) electrons. The molecule has 1 aliphatic rings. The maximum Gasteiger partial charge on any atom is 0.339 e. The Labute approximate surface area is 138 Å². The molecule has 1 heterocycles. The van der Waals surface area contributed by atoms with E-state index in [0.717, 1.165) is 12.0 Å². The molecule has 3 atom stereocenters. The summed E-state index contributed by atoms with van der Waals surface area (Å²) in [6, 6.07) is 10.1. The average Bonchev–Trinajstić information content (AvgIpc) is 2.53. The number of ether oxygens (including phenoxy) is 3. The zero-order chi connectivity index (χ0) is 16.7. The minimum absolute atomic E-state index is 0.0273. The number of carbonyl (C=O) groups is 1. The molecule has 2 rings (SSSR count). The van der Waals surface area contributed by atoms with Crippen molar-refractivity contribution in [1.29, 1.82) is 0 Å². The summed E-state index contributed by atoms with van der Waals surface area (Å²) in [7, 11) is 0. The first-order valence-electron chi connectivity index (χ1n) is 8.22. The molecule has 1 aliphatic heterocycles. The summed E-state index contributed by atoms with van der Waals surface area (Å²) in [5.74, 6) is -0.0585. The smallest absolute Gasteiger partial charge is 0.339 e. The summed E-state index contributed by atoms with van der Waals surface area (Å²) in [5.41, 5.74) is 1.16. The van der Waals surface area contributed by atoms with Crippen molar-refractivity contribution in [2.24, 2.45) is 5.92 Å². The van der Waals surface area contributed by atoms with Crippen LogP contribution in [0.2, 0.25) is 0 Å². The summed E-state index contributed by atoms with van der Waals surface area (Å²) in [6.07, 6.45) is 3.80. The third-order valence-corrected chi connectivity index (χ3v) is 3.74. The Morgan fingerprint density at radius 3 is 2.65 bits per heavy atom. The van der Waals surface area contributed by atoms with E-state index in [1.165, 1.54) is 0 Å². The van der Waals surface area contributed by atoms with E-state index < -0.39 is 6.10 Å². The van der Waals surface area contributed by atoms with Crippen molar-refractivity contribution in [2.45, 2.75) is 52.1 Å². The van der Waals surface area contributed by atoms with Gasteiger partial charge in [0.25, 0.3) is 0 Å². The predicted octanol–water partition coefficient (Wildman–Crippen LogP) is 3.50.